The van der Waals surface area contributed by atoms with Gasteiger partial charge >= 0.3 is 11.9 Å². The van der Waals surface area contributed by atoms with Crippen molar-refractivity contribution >= 4 is 11.9 Å². The molecule has 0 bridgehead atoms. The molecule has 1 aromatic rings. The number of allylic oxidation sites excluding steroid dienone is 3. The fourth-order valence-electron chi connectivity index (χ4n) is 6.53. The van der Waals surface area contributed by atoms with Crippen LogP contribution in [0.2, 0.25) is 0 Å². The van der Waals surface area contributed by atoms with E-state index < -0.39 is 42.5 Å². The highest BCUT2D eigenvalue weighted by atomic mass is 16.6. The highest BCUT2D eigenvalue weighted by Crippen LogP contribution is 2.50. The summed E-state index contributed by atoms with van der Waals surface area (Å²) in [5.74, 6) is -1.53. The number of carbonyl (C=O) groups is 2. The standard InChI is InChI=1S/C28H39NO7/c1-14-11-15(2)26(17(4)30)36-28(33)22(34-5)13-18-8-9-19-12-21(16(3)25(31)24(19)23(14)18)35-27(32)20-7-6-10-29-20/h6-11,15-19,21-26,29-31H,12-13H2,1-5H3/t15-,16+,17-,18-,19+,21+,22+,23?,24-,25-,26+/m1/s1. The summed E-state index contributed by atoms with van der Waals surface area (Å²) in [5, 5.41) is 21.9. The first-order chi connectivity index (χ1) is 17.1. The molecule has 8 heteroatoms. The Morgan fingerprint density at radius 1 is 1.22 bits per heavy atom. The Hall–Kier alpha value is -2.42. The van der Waals surface area contributed by atoms with Crippen LogP contribution in [0.5, 0.6) is 0 Å². The smallest absolute Gasteiger partial charge is 0.355 e. The monoisotopic (exact) mass is 501 g/mol. The van der Waals surface area contributed by atoms with E-state index in [0.29, 0.717) is 18.5 Å². The summed E-state index contributed by atoms with van der Waals surface area (Å²) in [5.41, 5.74) is 1.49. The van der Waals surface area contributed by atoms with Crippen LogP contribution in [0.1, 0.15) is 51.0 Å². The van der Waals surface area contributed by atoms with Gasteiger partial charge in [0.15, 0.2) is 6.10 Å². The van der Waals surface area contributed by atoms with Gasteiger partial charge in [0.2, 0.25) is 0 Å². The van der Waals surface area contributed by atoms with E-state index in [1.165, 1.54) is 7.11 Å². The van der Waals surface area contributed by atoms with Crippen LogP contribution in [0.4, 0.5) is 0 Å². The third-order valence-corrected chi connectivity index (χ3v) is 8.41. The summed E-state index contributed by atoms with van der Waals surface area (Å²) in [6.07, 6.45) is 5.58. The molecule has 4 rings (SSSR count). The Labute approximate surface area is 212 Å². The summed E-state index contributed by atoms with van der Waals surface area (Å²) in [6.45, 7) is 7.54. The van der Waals surface area contributed by atoms with Crippen molar-refractivity contribution in [3.63, 3.8) is 0 Å². The number of aliphatic hydroxyl groups is 2. The van der Waals surface area contributed by atoms with Crippen molar-refractivity contribution in [2.75, 3.05) is 7.11 Å². The van der Waals surface area contributed by atoms with E-state index in [2.05, 4.69) is 30.1 Å². The van der Waals surface area contributed by atoms with Crippen molar-refractivity contribution in [2.45, 2.75) is 71.1 Å². The van der Waals surface area contributed by atoms with Gasteiger partial charge in [0.1, 0.15) is 17.9 Å². The molecule has 1 fully saturated rings. The van der Waals surface area contributed by atoms with Crippen LogP contribution in [-0.2, 0) is 19.0 Å². The topological polar surface area (TPSA) is 118 Å². The number of aromatic amines is 1. The summed E-state index contributed by atoms with van der Waals surface area (Å²) < 4.78 is 17.0. The molecule has 3 aliphatic rings. The molecule has 11 atom stereocenters. The van der Waals surface area contributed by atoms with Crippen LogP contribution >= 0.6 is 0 Å². The maximum atomic E-state index is 12.9. The first-order valence-corrected chi connectivity index (χ1v) is 12.9. The van der Waals surface area contributed by atoms with Crippen LogP contribution in [0, 0.1) is 35.5 Å². The minimum absolute atomic E-state index is 0.0148. The van der Waals surface area contributed by atoms with Crippen LogP contribution < -0.4 is 0 Å². The van der Waals surface area contributed by atoms with Crippen LogP contribution in [0.15, 0.2) is 42.1 Å². The van der Waals surface area contributed by atoms with E-state index in [-0.39, 0.29) is 35.5 Å². The molecular formula is C28H39NO7. The fourth-order valence-corrected chi connectivity index (χ4v) is 6.53. The number of nitrogens with one attached hydrogen (secondary N) is 1. The van der Waals surface area contributed by atoms with Crippen molar-refractivity contribution < 1.29 is 34.0 Å². The number of rotatable bonds is 4. The summed E-state index contributed by atoms with van der Waals surface area (Å²) in [7, 11) is 1.49. The van der Waals surface area contributed by atoms with Crippen molar-refractivity contribution in [1.82, 2.24) is 4.98 Å². The van der Waals surface area contributed by atoms with E-state index in [4.69, 9.17) is 14.2 Å². The first-order valence-electron chi connectivity index (χ1n) is 12.9. The summed E-state index contributed by atoms with van der Waals surface area (Å²) >= 11 is 0. The fraction of sp³-hybridized carbons (Fsp3) is 0.643. The SMILES string of the molecule is CO[C@H]1C[C@H]2C=C[C@H]3C[C@H](OC(=O)c4ccc[nH]4)[C@H](C)[C@@H](O)[C@H]3C2C(C)=C[C@@H](C)[C@@H]([C@@H](C)O)OC1=O. The normalized spacial score (nSPS) is 39.8. The lowest BCUT2D eigenvalue weighted by Crippen LogP contribution is -2.52. The van der Waals surface area contributed by atoms with Crippen molar-refractivity contribution in [3.8, 4) is 0 Å². The molecule has 0 amide bonds. The molecule has 36 heavy (non-hydrogen) atoms. The largest absolute Gasteiger partial charge is 0.457 e. The molecule has 1 aromatic heterocycles. The quantitative estimate of drug-likeness (QED) is 0.428. The molecule has 0 radical (unpaired) electrons. The number of fused-ring (bicyclic) bond motifs is 3. The zero-order valence-electron chi connectivity index (χ0n) is 21.7. The second kappa shape index (κ2) is 10.9. The lowest BCUT2D eigenvalue weighted by molar-refractivity contribution is -0.170. The summed E-state index contributed by atoms with van der Waals surface area (Å²) in [4.78, 5) is 28.4. The van der Waals surface area contributed by atoms with Crippen LogP contribution in [-0.4, -0.2) is 64.8 Å². The van der Waals surface area contributed by atoms with Gasteiger partial charge < -0.3 is 29.4 Å². The van der Waals surface area contributed by atoms with Gasteiger partial charge in [-0.05, 0) is 62.5 Å². The van der Waals surface area contributed by atoms with E-state index >= 15 is 0 Å². The number of esters is 2. The molecule has 0 saturated heterocycles. The third-order valence-electron chi connectivity index (χ3n) is 8.41. The van der Waals surface area contributed by atoms with E-state index in [0.717, 1.165) is 5.57 Å². The zero-order valence-corrected chi connectivity index (χ0v) is 21.7. The maximum Gasteiger partial charge on any atom is 0.355 e. The van der Waals surface area contributed by atoms with Gasteiger partial charge in [0.05, 0.1) is 12.2 Å². The lowest BCUT2D eigenvalue weighted by Gasteiger charge is -2.50. The molecule has 0 spiro atoms. The minimum atomic E-state index is -0.838. The van der Waals surface area contributed by atoms with Gasteiger partial charge in [-0.25, -0.2) is 9.59 Å². The van der Waals surface area contributed by atoms with E-state index in [9.17, 15) is 19.8 Å². The predicted molar refractivity (Wildman–Crippen MR) is 133 cm³/mol. The Kier molecular flexibility index (Phi) is 8.07. The van der Waals surface area contributed by atoms with Crippen LogP contribution in [0.3, 0.4) is 0 Å². The van der Waals surface area contributed by atoms with Gasteiger partial charge in [-0.3, -0.25) is 0 Å². The second-order valence-electron chi connectivity index (χ2n) is 10.8. The molecule has 198 valence electrons. The Balaban J connectivity index is 1.65. The van der Waals surface area contributed by atoms with Crippen LogP contribution in [0.25, 0.3) is 0 Å². The molecule has 3 N–H and O–H groups in total. The van der Waals surface area contributed by atoms with Gasteiger partial charge in [-0.15, -0.1) is 0 Å². The molecule has 2 aliphatic carbocycles. The summed E-state index contributed by atoms with van der Waals surface area (Å²) in [6, 6.07) is 3.42. The number of hydrogen-bond donors (Lipinski definition) is 3. The molecule has 8 nitrogen and oxygen atoms in total. The average Bonchev–Trinajstić information content (AvgIpc) is 3.38. The molecule has 2 heterocycles. The number of hydrogen-bond acceptors (Lipinski definition) is 7. The van der Waals surface area contributed by atoms with Crippen molar-refractivity contribution in [2.24, 2.45) is 35.5 Å². The van der Waals surface area contributed by atoms with Gasteiger partial charge in [0.25, 0.3) is 0 Å². The number of cyclic esters (lactones) is 1. The highest BCUT2D eigenvalue weighted by Gasteiger charge is 2.50. The third kappa shape index (κ3) is 5.17. The Morgan fingerprint density at radius 3 is 2.58 bits per heavy atom. The minimum Gasteiger partial charge on any atom is -0.457 e. The number of aliphatic hydroxyl groups excluding tert-OH is 2. The lowest BCUT2D eigenvalue weighted by atomic mass is 9.58. The van der Waals surface area contributed by atoms with E-state index in [1.807, 2.05) is 13.8 Å². The Bertz CT molecular complexity index is 984. The van der Waals surface area contributed by atoms with Crippen molar-refractivity contribution in [3.05, 3.63) is 47.8 Å². The van der Waals surface area contributed by atoms with E-state index in [1.54, 1.807) is 25.3 Å². The molecule has 1 unspecified atom stereocenters. The van der Waals surface area contributed by atoms with Gasteiger partial charge in [-0.1, -0.05) is 37.6 Å². The molecule has 1 saturated carbocycles. The molecule has 1 aliphatic heterocycles. The number of aromatic nitrogens is 1. The first kappa shape index (κ1) is 26.6. The van der Waals surface area contributed by atoms with Gasteiger partial charge in [-0.2, -0.15) is 0 Å². The van der Waals surface area contributed by atoms with Gasteiger partial charge in [0, 0.05) is 25.1 Å². The Morgan fingerprint density at radius 2 is 1.94 bits per heavy atom. The van der Waals surface area contributed by atoms with Crippen molar-refractivity contribution in [1.29, 1.82) is 0 Å². The second-order valence-corrected chi connectivity index (χ2v) is 10.8. The predicted octanol–water partition coefficient (Wildman–Crippen LogP) is 3.27. The highest BCUT2D eigenvalue weighted by molar-refractivity contribution is 5.87. The zero-order chi connectivity index (χ0) is 26.1. The molecular weight excluding hydrogens is 462 g/mol. The molecule has 0 aromatic carbocycles. The number of carbonyl (C=O) groups excluding carboxylic acids is 2. The number of H-pyrrole nitrogens is 1. The average molecular weight is 502 g/mol. The number of ether oxygens (including phenoxy) is 3. The number of methoxy groups -OCH3 is 1. The maximum absolute atomic E-state index is 12.9.